The number of likely N-dealkylation sites (tertiary alicyclic amines) is 1. The second-order valence-corrected chi connectivity index (χ2v) is 10.1. The first-order valence-electron chi connectivity index (χ1n) is 12.5. The van der Waals surface area contributed by atoms with Crippen molar-refractivity contribution in [1.82, 2.24) is 15.1 Å². The molecule has 0 amide bonds. The molecule has 3 aliphatic rings. The summed E-state index contributed by atoms with van der Waals surface area (Å²) >= 11 is 0. The minimum atomic E-state index is -4.50. The van der Waals surface area contributed by atoms with Crippen LogP contribution < -0.4 is 5.32 Å². The number of rotatable bonds is 6. The Balaban J connectivity index is 1.26. The molecular formula is C26H33F3N4O. The van der Waals surface area contributed by atoms with E-state index >= 15 is 0 Å². The Bertz CT molecular complexity index is 978. The molecule has 3 heterocycles. The molecule has 1 aromatic carbocycles. The van der Waals surface area contributed by atoms with Crippen molar-refractivity contribution < 1.29 is 17.9 Å². The van der Waals surface area contributed by atoms with E-state index in [1.807, 2.05) is 25.1 Å². The van der Waals surface area contributed by atoms with Crippen molar-refractivity contribution in [3.8, 4) is 11.3 Å². The summed E-state index contributed by atoms with van der Waals surface area (Å²) in [5, 5.41) is 11.4. The maximum atomic E-state index is 14.0. The van der Waals surface area contributed by atoms with Crippen molar-refractivity contribution in [3.05, 3.63) is 41.5 Å². The third kappa shape index (κ3) is 5.08. The van der Waals surface area contributed by atoms with Crippen LogP contribution in [0.3, 0.4) is 0 Å². The average molecular weight is 475 g/mol. The molecule has 0 bridgehead atoms. The van der Waals surface area contributed by atoms with Gasteiger partial charge in [-0.2, -0.15) is 13.2 Å². The van der Waals surface area contributed by atoms with Crippen molar-refractivity contribution in [1.29, 1.82) is 0 Å². The first-order chi connectivity index (χ1) is 16.4. The fraction of sp³-hybridized carbons (Fsp3) is 0.615. The van der Waals surface area contributed by atoms with E-state index in [1.54, 1.807) is 6.07 Å². The Morgan fingerprint density at radius 3 is 2.44 bits per heavy atom. The Kier molecular flexibility index (Phi) is 6.80. The second kappa shape index (κ2) is 9.82. The lowest BCUT2D eigenvalue weighted by Gasteiger charge is -2.28. The normalized spacial score (nSPS) is 26.1. The molecule has 1 aromatic heterocycles. The molecule has 1 N–H and O–H groups in total. The summed E-state index contributed by atoms with van der Waals surface area (Å²) in [6, 6.07) is 8.58. The highest BCUT2D eigenvalue weighted by Crippen LogP contribution is 2.42. The van der Waals surface area contributed by atoms with Gasteiger partial charge >= 0.3 is 6.18 Å². The highest BCUT2D eigenvalue weighted by Gasteiger charge is 2.43. The molecule has 2 unspecified atom stereocenters. The smallest absolute Gasteiger partial charge is 0.381 e. The minimum absolute atomic E-state index is 0.00408. The van der Waals surface area contributed by atoms with Crippen LogP contribution in [0, 0.1) is 17.8 Å². The van der Waals surface area contributed by atoms with Gasteiger partial charge in [0.25, 0.3) is 0 Å². The van der Waals surface area contributed by atoms with Crippen molar-refractivity contribution in [3.63, 3.8) is 0 Å². The van der Waals surface area contributed by atoms with E-state index in [1.165, 1.54) is 0 Å². The van der Waals surface area contributed by atoms with Gasteiger partial charge in [0, 0.05) is 44.5 Å². The molecule has 2 aliphatic heterocycles. The Morgan fingerprint density at radius 1 is 1.06 bits per heavy atom. The van der Waals surface area contributed by atoms with Gasteiger partial charge in [0.2, 0.25) is 0 Å². The number of hydrogen-bond acceptors (Lipinski definition) is 5. The minimum Gasteiger partial charge on any atom is -0.381 e. The van der Waals surface area contributed by atoms with Crippen LogP contribution in [0.5, 0.6) is 0 Å². The number of fused-ring (bicyclic) bond motifs is 1. The zero-order chi connectivity index (χ0) is 23.7. The number of hydrogen-bond donors (Lipinski definition) is 1. The van der Waals surface area contributed by atoms with Gasteiger partial charge in [-0.15, -0.1) is 10.2 Å². The third-order valence-electron chi connectivity index (χ3n) is 7.80. The van der Waals surface area contributed by atoms with Crippen LogP contribution >= 0.6 is 0 Å². The molecule has 34 heavy (non-hydrogen) atoms. The molecule has 5 nitrogen and oxygen atoms in total. The van der Waals surface area contributed by atoms with Crippen LogP contribution in [-0.4, -0.2) is 54.0 Å². The highest BCUT2D eigenvalue weighted by molar-refractivity contribution is 5.66. The van der Waals surface area contributed by atoms with E-state index in [-0.39, 0.29) is 17.6 Å². The van der Waals surface area contributed by atoms with Gasteiger partial charge in [-0.05, 0) is 61.5 Å². The zero-order valence-corrected chi connectivity index (χ0v) is 19.7. The van der Waals surface area contributed by atoms with Crippen molar-refractivity contribution in [2.24, 2.45) is 17.8 Å². The lowest BCUT2D eigenvalue weighted by molar-refractivity contribution is -0.137. The van der Waals surface area contributed by atoms with E-state index in [2.05, 4.69) is 20.4 Å². The number of nitrogens with zero attached hydrogens (tertiary/aromatic N) is 3. The van der Waals surface area contributed by atoms with E-state index in [9.17, 15) is 13.2 Å². The molecule has 2 atom stereocenters. The van der Waals surface area contributed by atoms with E-state index in [4.69, 9.17) is 4.74 Å². The summed E-state index contributed by atoms with van der Waals surface area (Å²) in [6.45, 7) is 6.92. The van der Waals surface area contributed by atoms with Crippen LogP contribution in [0.2, 0.25) is 0 Å². The van der Waals surface area contributed by atoms with Gasteiger partial charge in [-0.3, -0.25) is 0 Å². The maximum absolute atomic E-state index is 14.0. The number of halogens is 3. The van der Waals surface area contributed by atoms with Gasteiger partial charge in [0.05, 0.1) is 5.69 Å². The first-order valence-corrected chi connectivity index (χ1v) is 12.5. The first kappa shape index (κ1) is 23.5. The molecule has 2 saturated heterocycles. The summed E-state index contributed by atoms with van der Waals surface area (Å²) in [4.78, 5) is 2.56. The molecule has 2 aromatic rings. The van der Waals surface area contributed by atoms with Crippen LogP contribution in [-0.2, 0) is 17.3 Å². The number of anilines is 1. The third-order valence-corrected chi connectivity index (χ3v) is 7.80. The van der Waals surface area contributed by atoms with Gasteiger partial charge in [-0.1, -0.05) is 31.2 Å². The molecule has 5 rings (SSSR count). The van der Waals surface area contributed by atoms with Gasteiger partial charge in [-0.25, -0.2) is 0 Å². The summed E-state index contributed by atoms with van der Waals surface area (Å²) in [7, 11) is 0. The number of alkyl halides is 3. The molecule has 184 valence electrons. The number of aromatic nitrogens is 2. The predicted molar refractivity (Wildman–Crippen MR) is 125 cm³/mol. The Hall–Kier alpha value is -2.19. The van der Waals surface area contributed by atoms with Crippen LogP contribution in [0.1, 0.15) is 43.7 Å². The molecule has 8 heteroatoms. The summed E-state index contributed by atoms with van der Waals surface area (Å²) in [6.07, 6.45) is 0.253. The maximum Gasteiger partial charge on any atom is 0.420 e. The fourth-order valence-electron chi connectivity index (χ4n) is 6.08. The molecular weight excluding hydrogens is 441 g/mol. The second-order valence-electron chi connectivity index (χ2n) is 10.1. The zero-order valence-electron chi connectivity index (χ0n) is 19.7. The number of nitrogens with one attached hydrogen (secondary N) is 1. The lowest BCUT2D eigenvalue weighted by Crippen LogP contribution is -2.32. The fourth-order valence-corrected chi connectivity index (χ4v) is 6.08. The lowest BCUT2D eigenvalue weighted by atomic mass is 10.00. The van der Waals surface area contributed by atoms with Gasteiger partial charge in [0.15, 0.2) is 5.82 Å². The van der Waals surface area contributed by atoms with Gasteiger partial charge in [0.1, 0.15) is 5.56 Å². The summed E-state index contributed by atoms with van der Waals surface area (Å²) in [5.74, 6) is 1.64. The molecule has 1 aliphatic carbocycles. The molecule has 3 fully saturated rings. The quantitative estimate of drug-likeness (QED) is 0.618. The summed E-state index contributed by atoms with van der Waals surface area (Å²) in [5.41, 5.74) is 1.19. The molecule has 0 spiro atoms. The standard InChI is InChI=1S/C26H33F3N4O/c1-2-18-5-3-4-6-22(18)24-13-23(26(27,28)29)25(32-31-24)30-21-11-19-15-33(16-20(19)12-21)14-17-7-9-34-10-8-17/h3-6,13,17,19-21H,2,7-12,14-16H2,1H3,(H,30,32). The summed E-state index contributed by atoms with van der Waals surface area (Å²) < 4.78 is 47.4. The van der Waals surface area contributed by atoms with E-state index < -0.39 is 11.7 Å². The van der Waals surface area contributed by atoms with Crippen LogP contribution in [0.15, 0.2) is 30.3 Å². The monoisotopic (exact) mass is 474 g/mol. The molecule has 0 radical (unpaired) electrons. The largest absolute Gasteiger partial charge is 0.420 e. The Morgan fingerprint density at radius 2 is 1.76 bits per heavy atom. The van der Waals surface area contributed by atoms with Crippen molar-refractivity contribution in [2.45, 2.75) is 51.2 Å². The number of ether oxygens (including phenoxy) is 1. The van der Waals surface area contributed by atoms with Crippen molar-refractivity contribution in [2.75, 3.05) is 38.2 Å². The topological polar surface area (TPSA) is 50.3 Å². The van der Waals surface area contributed by atoms with Crippen LogP contribution in [0.25, 0.3) is 11.3 Å². The van der Waals surface area contributed by atoms with Crippen LogP contribution in [0.4, 0.5) is 19.0 Å². The van der Waals surface area contributed by atoms with Gasteiger partial charge < -0.3 is 15.0 Å². The molecule has 1 saturated carbocycles. The SMILES string of the molecule is CCc1ccccc1-c1cc(C(F)(F)F)c(NC2CC3CN(CC4CCOCC4)CC3C2)nn1. The average Bonchev–Trinajstić information content (AvgIpc) is 3.37. The number of benzene rings is 1. The number of aryl methyl sites for hydroxylation is 1. The van der Waals surface area contributed by atoms with Crippen molar-refractivity contribution >= 4 is 5.82 Å². The Labute approximate surface area is 199 Å². The van der Waals surface area contributed by atoms with E-state index in [0.29, 0.717) is 23.3 Å². The predicted octanol–water partition coefficient (Wildman–Crippen LogP) is 5.27. The van der Waals surface area contributed by atoms with E-state index in [0.717, 1.165) is 76.6 Å². The highest BCUT2D eigenvalue weighted by atomic mass is 19.4.